The molecule has 2 aromatic carbocycles. The van der Waals surface area contributed by atoms with E-state index >= 15 is 0 Å². The first-order valence-corrected chi connectivity index (χ1v) is 10.3. The molecule has 0 saturated heterocycles. The molecule has 0 bridgehead atoms. The molecule has 2 heterocycles. The van der Waals surface area contributed by atoms with Crippen molar-refractivity contribution in [3.05, 3.63) is 99.5 Å². The second-order valence-electron chi connectivity index (χ2n) is 7.20. The summed E-state index contributed by atoms with van der Waals surface area (Å²) in [6.45, 7) is 4.78. The van der Waals surface area contributed by atoms with E-state index in [-0.39, 0.29) is 18.0 Å². The van der Waals surface area contributed by atoms with Gasteiger partial charge in [0.15, 0.2) is 5.75 Å². The van der Waals surface area contributed by atoms with Crippen LogP contribution in [0.15, 0.2) is 66.9 Å². The number of ether oxygens (including phenoxy) is 2. The van der Waals surface area contributed by atoms with Crippen molar-refractivity contribution in [3.63, 3.8) is 0 Å². The zero-order valence-electron chi connectivity index (χ0n) is 17.9. The van der Waals surface area contributed by atoms with Gasteiger partial charge in [-0.3, -0.25) is 10.1 Å². The highest BCUT2D eigenvalue weighted by Crippen LogP contribution is 2.30. The monoisotopic (exact) mass is 429 g/mol. The van der Waals surface area contributed by atoms with Crippen LogP contribution in [0.2, 0.25) is 0 Å². The Labute approximate surface area is 185 Å². The van der Waals surface area contributed by atoms with Gasteiger partial charge < -0.3 is 13.9 Å². The largest absolute Gasteiger partial charge is 0.494 e. The summed E-state index contributed by atoms with van der Waals surface area (Å²) in [7, 11) is 0. The molecule has 0 amide bonds. The van der Waals surface area contributed by atoms with Crippen molar-refractivity contribution in [3.8, 4) is 11.5 Å². The third-order valence-electron chi connectivity index (χ3n) is 5.04. The molecule has 0 spiro atoms. The minimum Gasteiger partial charge on any atom is -0.494 e. The number of fused-ring (bicyclic) bond motifs is 1. The lowest BCUT2D eigenvalue weighted by atomic mass is 10.1. The summed E-state index contributed by atoms with van der Waals surface area (Å²) < 4.78 is 13.3. The Morgan fingerprint density at radius 3 is 2.62 bits per heavy atom. The van der Waals surface area contributed by atoms with Gasteiger partial charge in [-0.1, -0.05) is 36.4 Å². The fourth-order valence-corrected chi connectivity index (χ4v) is 3.39. The summed E-state index contributed by atoms with van der Waals surface area (Å²) >= 11 is 0. The number of benzene rings is 2. The number of nitro groups is 1. The molecule has 162 valence electrons. The van der Waals surface area contributed by atoms with Crippen LogP contribution in [0.5, 0.6) is 11.5 Å². The Morgan fingerprint density at radius 1 is 1.06 bits per heavy atom. The van der Waals surface area contributed by atoms with Crippen molar-refractivity contribution < 1.29 is 14.4 Å². The first-order chi connectivity index (χ1) is 15.5. The molecule has 0 aliphatic heterocycles. The summed E-state index contributed by atoms with van der Waals surface area (Å²) in [6.07, 6.45) is 5.70. The SMILES string of the molecule is CCOc1ccn2c(C)c(C=Cc3ccc([N+](=O)[O-])c(OCc4ccccc4)c3)nc2c1. The lowest BCUT2D eigenvalue weighted by Gasteiger charge is -2.08. The predicted octanol–water partition coefficient (Wildman–Crippen LogP) is 5.70. The number of aromatic nitrogens is 2. The Balaban J connectivity index is 1.59. The molecule has 2 aromatic heterocycles. The van der Waals surface area contributed by atoms with Crippen molar-refractivity contribution >= 4 is 23.5 Å². The van der Waals surface area contributed by atoms with Crippen LogP contribution in [-0.2, 0) is 6.61 Å². The number of nitrogens with zero attached hydrogens (tertiary/aromatic N) is 3. The van der Waals surface area contributed by atoms with Gasteiger partial charge in [-0.25, -0.2) is 4.98 Å². The molecule has 0 unspecified atom stereocenters. The fourth-order valence-electron chi connectivity index (χ4n) is 3.39. The van der Waals surface area contributed by atoms with Crippen molar-refractivity contribution in [1.82, 2.24) is 9.38 Å². The van der Waals surface area contributed by atoms with Crippen molar-refractivity contribution in [2.75, 3.05) is 6.61 Å². The quantitative estimate of drug-likeness (QED) is 0.265. The van der Waals surface area contributed by atoms with E-state index in [1.54, 1.807) is 12.1 Å². The van der Waals surface area contributed by atoms with E-state index in [1.807, 2.05) is 79.1 Å². The van der Waals surface area contributed by atoms with Crippen LogP contribution in [0, 0.1) is 17.0 Å². The highest BCUT2D eigenvalue weighted by molar-refractivity contribution is 5.72. The van der Waals surface area contributed by atoms with E-state index in [2.05, 4.69) is 4.98 Å². The third kappa shape index (κ3) is 4.62. The van der Waals surface area contributed by atoms with E-state index in [1.165, 1.54) is 6.07 Å². The molecular formula is C25H23N3O4. The van der Waals surface area contributed by atoms with Gasteiger partial charge in [-0.15, -0.1) is 0 Å². The highest BCUT2D eigenvalue weighted by Gasteiger charge is 2.15. The van der Waals surface area contributed by atoms with E-state index in [0.29, 0.717) is 6.61 Å². The minimum absolute atomic E-state index is 0.0644. The molecule has 7 nitrogen and oxygen atoms in total. The Morgan fingerprint density at radius 2 is 1.88 bits per heavy atom. The molecule has 0 N–H and O–H groups in total. The van der Waals surface area contributed by atoms with Gasteiger partial charge in [-0.05, 0) is 49.2 Å². The summed E-state index contributed by atoms with van der Waals surface area (Å²) in [5.41, 5.74) is 4.25. The van der Waals surface area contributed by atoms with E-state index < -0.39 is 4.92 Å². The predicted molar refractivity (Wildman–Crippen MR) is 124 cm³/mol. The van der Waals surface area contributed by atoms with Gasteiger partial charge in [0.1, 0.15) is 18.0 Å². The second-order valence-corrected chi connectivity index (χ2v) is 7.20. The Hall–Kier alpha value is -4.13. The normalized spacial score (nSPS) is 11.2. The highest BCUT2D eigenvalue weighted by atomic mass is 16.6. The maximum absolute atomic E-state index is 11.4. The molecule has 0 saturated carbocycles. The average Bonchev–Trinajstić information content (AvgIpc) is 3.12. The number of pyridine rings is 1. The Bertz CT molecular complexity index is 1280. The maximum Gasteiger partial charge on any atom is 0.310 e. The number of nitro benzene ring substituents is 1. The molecular weight excluding hydrogens is 406 g/mol. The summed E-state index contributed by atoms with van der Waals surface area (Å²) in [4.78, 5) is 15.7. The van der Waals surface area contributed by atoms with E-state index in [4.69, 9.17) is 9.47 Å². The first kappa shape index (κ1) is 21.1. The fraction of sp³-hybridized carbons (Fsp3) is 0.160. The first-order valence-electron chi connectivity index (χ1n) is 10.3. The second kappa shape index (κ2) is 9.34. The van der Waals surface area contributed by atoms with Gasteiger partial charge in [0, 0.05) is 24.0 Å². The summed E-state index contributed by atoms with van der Waals surface area (Å²) in [6, 6.07) is 18.2. The van der Waals surface area contributed by atoms with Crippen LogP contribution in [0.1, 0.15) is 29.4 Å². The van der Waals surface area contributed by atoms with Crippen LogP contribution in [0.4, 0.5) is 5.69 Å². The van der Waals surface area contributed by atoms with Crippen LogP contribution in [-0.4, -0.2) is 20.9 Å². The molecule has 0 fully saturated rings. The zero-order chi connectivity index (χ0) is 22.5. The molecule has 0 aliphatic carbocycles. The topological polar surface area (TPSA) is 78.9 Å². The van der Waals surface area contributed by atoms with Gasteiger partial charge in [0.05, 0.1) is 17.2 Å². The van der Waals surface area contributed by atoms with Gasteiger partial charge >= 0.3 is 5.69 Å². The van der Waals surface area contributed by atoms with Gasteiger partial charge in [0.25, 0.3) is 0 Å². The Kier molecular flexibility index (Phi) is 6.17. The average molecular weight is 429 g/mol. The molecule has 0 atom stereocenters. The van der Waals surface area contributed by atoms with Gasteiger partial charge in [-0.2, -0.15) is 0 Å². The van der Waals surface area contributed by atoms with Crippen LogP contribution in [0.25, 0.3) is 17.8 Å². The molecule has 4 rings (SSSR count). The van der Waals surface area contributed by atoms with E-state index in [9.17, 15) is 10.1 Å². The number of hydrogen-bond acceptors (Lipinski definition) is 5. The maximum atomic E-state index is 11.4. The minimum atomic E-state index is -0.434. The molecule has 7 heteroatoms. The zero-order valence-corrected chi connectivity index (χ0v) is 17.9. The lowest BCUT2D eigenvalue weighted by molar-refractivity contribution is -0.385. The molecule has 32 heavy (non-hydrogen) atoms. The van der Waals surface area contributed by atoms with Crippen molar-refractivity contribution in [1.29, 1.82) is 0 Å². The van der Waals surface area contributed by atoms with Crippen LogP contribution >= 0.6 is 0 Å². The lowest BCUT2D eigenvalue weighted by Crippen LogP contribution is -1.99. The summed E-state index contributed by atoms with van der Waals surface area (Å²) in [5.74, 6) is 1.00. The third-order valence-corrected chi connectivity index (χ3v) is 5.04. The smallest absolute Gasteiger partial charge is 0.310 e. The van der Waals surface area contributed by atoms with Crippen LogP contribution in [0.3, 0.4) is 0 Å². The number of aryl methyl sites for hydroxylation is 1. The summed E-state index contributed by atoms with van der Waals surface area (Å²) in [5, 5.41) is 11.4. The number of hydrogen-bond donors (Lipinski definition) is 0. The van der Waals surface area contributed by atoms with Crippen molar-refractivity contribution in [2.45, 2.75) is 20.5 Å². The molecule has 0 radical (unpaired) electrons. The number of imidazole rings is 1. The van der Waals surface area contributed by atoms with E-state index in [0.717, 1.165) is 33.9 Å². The number of rotatable bonds is 8. The van der Waals surface area contributed by atoms with Crippen molar-refractivity contribution in [2.24, 2.45) is 0 Å². The molecule has 0 aliphatic rings. The standard InChI is InChI=1S/C25H23N3O4/c1-3-31-21-13-14-27-18(2)22(26-25(27)16-21)11-9-19-10-12-23(28(29)30)24(15-19)32-17-20-7-5-4-6-8-20/h4-16H,3,17H2,1-2H3. The van der Waals surface area contributed by atoms with Gasteiger partial charge in [0.2, 0.25) is 0 Å². The molecule has 4 aromatic rings. The van der Waals surface area contributed by atoms with Crippen LogP contribution < -0.4 is 9.47 Å².